The average Bonchev–Trinajstić information content (AvgIpc) is 3.69. The molecule has 192 valence electrons. The molecule has 2 unspecified atom stereocenters. The Hall–Kier alpha value is -3.26. The Kier molecular flexibility index (Phi) is 7.84. The molecular weight excluding hydrogens is 482 g/mol. The van der Waals surface area contributed by atoms with E-state index < -0.39 is 15.9 Å². The van der Waals surface area contributed by atoms with Gasteiger partial charge in [0.25, 0.3) is 15.9 Å². The third-order valence-corrected chi connectivity index (χ3v) is 8.49. The van der Waals surface area contributed by atoms with Crippen molar-refractivity contribution in [2.24, 2.45) is 0 Å². The number of piperidine rings is 1. The average molecular weight is 516 g/mol. The molecule has 2 atom stereocenters. The zero-order chi connectivity index (χ0) is 25.7. The molecule has 3 aromatic rings. The van der Waals surface area contributed by atoms with Crippen molar-refractivity contribution >= 4 is 22.0 Å². The molecule has 6 nitrogen and oxygen atoms in total. The predicted molar refractivity (Wildman–Crippen MR) is 146 cm³/mol. The third kappa shape index (κ3) is 6.95. The fourth-order valence-corrected chi connectivity index (χ4v) is 6.02. The quantitative estimate of drug-likeness (QED) is 0.415. The van der Waals surface area contributed by atoms with E-state index in [-0.39, 0.29) is 4.90 Å². The molecule has 2 fully saturated rings. The van der Waals surface area contributed by atoms with Gasteiger partial charge < -0.3 is 5.32 Å². The standard InChI is InChI=1S/C30H33N3O3S/c34-30(32-37(35,36)27-12-5-2-6-13-27)15-14-23-8-7-9-24(20-23)22-33-18-16-26(17-19-33)31-29-21-28(29)25-10-3-1-4-11-25/h1-15,20,26,28-29,31H,16-19,21-22H2,(H,32,34). The number of sulfonamides is 1. The van der Waals surface area contributed by atoms with Crippen molar-refractivity contribution in [3.63, 3.8) is 0 Å². The summed E-state index contributed by atoms with van der Waals surface area (Å²) in [4.78, 5) is 14.8. The molecule has 2 N–H and O–H groups in total. The van der Waals surface area contributed by atoms with Gasteiger partial charge in [0.1, 0.15) is 0 Å². The molecule has 1 aliphatic carbocycles. The van der Waals surface area contributed by atoms with E-state index in [2.05, 4.69) is 57.4 Å². The Bertz CT molecular complexity index is 1330. The molecule has 37 heavy (non-hydrogen) atoms. The highest BCUT2D eigenvalue weighted by atomic mass is 32.2. The minimum absolute atomic E-state index is 0.0610. The monoisotopic (exact) mass is 515 g/mol. The molecule has 2 aliphatic rings. The van der Waals surface area contributed by atoms with Crippen molar-refractivity contribution in [2.75, 3.05) is 13.1 Å². The maximum absolute atomic E-state index is 12.3. The highest BCUT2D eigenvalue weighted by Gasteiger charge is 2.39. The molecule has 0 radical (unpaired) electrons. The number of hydrogen-bond acceptors (Lipinski definition) is 5. The van der Waals surface area contributed by atoms with E-state index in [4.69, 9.17) is 0 Å². The van der Waals surface area contributed by atoms with Crippen LogP contribution in [0.3, 0.4) is 0 Å². The summed E-state index contributed by atoms with van der Waals surface area (Å²) in [5, 5.41) is 3.87. The minimum Gasteiger partial charge on any atom is -0.311 e. The Morgan fingerprint density at radius 2 is 1.62 bits per heavy atom. The van der Waals surface area contributed by atoms with Crippen molar-refractivity contribution in [2.45, 2.75) is 48.7 Å². The van der Waals surface area contributed by atoms with Crippen molar-refractivity contribution in [3.05, 3.63) is 108 Å². The predicted octanol–water partition coefficient (Wildman–Crippen LogP) is 4.32. The van der Waals surface area contributed by atoms with Crippen LogP contribution in [0.5, 0.6) is 0 Å². The molecule has 0 aromatic heterocycles. The van der Waals surface area contributed by atoms with Gasteiger partial charge in [-0.05, 0) is 67.3 Å². The van der Waals surface area contributed by atoms with Crippen LogP contribution < -0.4 is 10.0 Å². The second kappa shape index (κ2) is 11.4. The summed E-state index contributed by atoms with van der Waals surface area (Å²) in [6, 6.07) is 27.9. The van der Waals surface area contributed by atoms with Gasteiger partial charge >= 0.3 is 0 Å². The first-order valence-corrected chi connectivity index (χ1v) is 14.4. The van der Waals surface area contributed by atoms with Crippen molar-refractivity contribution in [1.29, 1.82) is 0 Å². The first kappa shape index (κ1) is 25.4. The van der Waals surface area contributed by atoms with Crippen LogP contribution in [-0.2, 0) is 21.4 Å². The van der Waals surface area contributed by atoms with E-state index in [1.807, 2.05) is 12.1 Å². The van der Waals surface area contributed by atoms with Gasteiger partial charge in [-0.1, -0.05) is 72.8 Å². The summed E-state index contributed by atoms with van der Waals surface area (Å²) in [6.45, 7) is 2.97. The Morgan fingerprint density at radius 3 is 2.35 bits per heavy atom. The second-order valence-electron chi connectivity index (χ2n) is 9.94. The lowest BCUT2D eigenvalue weighted by molar-refractivity contribution is -0.114. The molecule has 1 amide bonds. The lowest BCUT2D eigenvalue weighted by Crippen LogP contribution is -2.43. The van der Waals surface area contributed by atoms with Crippen LogP contribution in [0.1, 0.15) is 41.9 Å². The lowest BCUT2D eigenvalue weighted by atomic mass is 10.0. The molecule has 7 heteroatoms. The maximum Gasteiger partial charge on any atom is 0.264 e. The summed E-state index contributed by atoms with van der Waals surface area (Å²) in [5.41, 5.74) is 3.49. The van der Waals surface area contributed by atoms with Crippen molar-refractivity contribution < 1.29 is 13.2 Å². The third-order valence-electron chi connectivity index (χ3n) is 7.13. The number of likely N-dealkylation sites (tertiary alicyclic amines) is 1. The van der Waals surface area contributed by atoms with Gasteiger partial charge in [0.2, 0.25) is 0 Å². The molecule has 1 aliphatic heterocycles. The van der Waals surface area contributed by atoms with Crippen LogP contribution in [0.2, 0.25) is 0 Å². The number of nitrogens with one attached hydrogen (secondary N) is 2. The highest BCUT2D eigenvalue weighted by Crippen LogP contribution is 2.41. The number of rotatable bonds is 9. The normalized spacial score (nSPS) is 20.6. The summed E-state index contributed by atoms with van der Waals surface area (Å²) in [6.07, 6.45) is 6.44. The summed E-state index contributed by atoms with van der Waals surface area (Å²) in [7, 11) is -3.88. The molecule has 1 saturated carbocycles. The largest absolute Gasteiger partial charge is 0.311 e. The summed E-state index contributed by atoms with van der Waals surface area (Å²) < 4.78 is 26.7. The first-order valence-electron chi connectivity index (χ1n) is 12.9. The summed E-state index contributed by atoms with van der Waals surface area (Å²) in [5.74, 6) is -0.00968. The molecule has 5 rings (SSSR count). The smallest absolute Gasteiger partial charge is 0.264 e. The Balaban J connectivity index is 1.08. The molecule has 0 spiro atoms. The minimum atomic E-state index is -3.88. The number of amides is 1. The molecule has 1 saturated heterocycles. The summed E-state index contributed by atoms with van der Waals surface area (Å²) >= 11 is 0. The van der Waals surface area contributed by atoms with Gasteiger partial charge in [0.15, 0.2) is 0 Å². The maximum atomic E-state index is 12.3. The fraction of sp³-hybridized carbons (Fsp3) is 0.300. The molecule has 0 bridgehead atoms. The van der Waals surface area contributed by atoms with E-state index in [0.717, 1.165) is 38.0 Å². The van der Waals surface area contributed by atoms with Crippen LogP contribution in [0, 0.1) is 0 Å². The van der Waals surface area contributed by atoms with Crippen LogP contribution in [-0.4, -0.2) is 44.4 Å². The van der Waals surface area contributed by atoms with E-state index in [0.29, 0.717) is 18.0 Å². The Labute approximate surface area is 219 Å². The van der Waals surface area contributed by atoms with E-state index in [1.165, 1.54) is 35.8 Å². The van der Waals surface area contributed by atoms with E-state index >= 15 is 0 Å². The van der Waals surface area contributed by atoms with Crippen LogP contribution in [0.15, 0.2) is 95.9 Å². The number of nitrogens with zero attached hydrogens (tertiary/aromatic N) is 1. The van der Waals surface area contributed by atoms with E-state index in [9.17, 15) is 13.2 Å². The van der Waals surface area contributed by atoms with Gasteiger partial charge in [-0.25, -0.2) is 13.1 Å². The van der Waals surface area contributed by atoms with Crippen LogP contribution in [0.25, 0.3) is 6.08 Å². The Morgan fingerprint density at radius 1 is 0.919 bits per heavy atom. The topological polar surface area (TPSA) is 78.5 Å². The van der Waals surface area contributed by atoms with Gasteiger partial charge in [-0.2, -0.15) is 0 Å². The van der Waals surface area contributed by atoms with Gasteiger partial charge in [-0.15, -0.1) is 0 Å². The number of carbonyl (C=O) groups is 1. The highest BCUT2D eigenvalue weighted by molar-refractivity contribution is 7.90. The van der Waals surface area contributed by atoms with Crippen molar-refractivity contribution in [1.82, 2.24) is 14.9 Å². The molecular formula is C30H33N3O3S. The molecule has 3 aromatic carbocycles. The fourth-order valence-electron chi connectivity index (χ4n) is 5.06. The van der Waals surface area contributed by atoms with Crippen LogP contribution in [0.4, 0.5) is 0 Å². The second-order valence-corrected chi connectivity index (χ2v) is 11.6. The van der Waals surface area contributed by atoms with Crippen LogP contribution >= 0.6 is 0 Å². The number of hydrogen-bond donors (Lipinski definition) is 2. The van der Waals surface area contributed by atoms with Crippen molar-refractivity contribution in [3.8, 4) is 0 Å². The van der Waals surface area contributed by atoms with E-state index in [1.54, 1.807) is 24.3 Å². The zero-order valence-electron chi connectivity index (χ0n) is 20.8. The van der Waals surface area contributed by atoms with Gasteiger partial charge in [-0.3, -0.25) is 9.69 Å². The lowest BCUT2D eigenvalue weighted by Gasteiger charge is -2.32. The first-order chi connectivity index (χ1) is 18.0. The van der Waals surface area contributed by atoms with Gasteiger partial charge in [0, 0.05) is 30.6 Å². The SMILES string of the molecule is O=C(C=Cc1cccc(CN2CCC(NC3CC3c3ccccc3)CC2)c1)NS(=O)(=O)c1ccccc1. The van der Waals surface area contributed by atoms with Gasteiger partial charge in [0.05, 0.1) is 4.90 Å². The number of carbonyl (C=O) groups excluding carboxylic acids is 1. The molecule has 1 heterocycles. The zero-order valence-corrected chi connectivity index (χ0v) is 21.6. The number of benzene rings is 3.